The first kappa shape index (κ1) is 106. The van der Waals surface area contributed by atoms with Crippen LogP contribution < -0.4 is 14.7 Å². The van der Waals surface area contributed by atoms with Gasteiger partial charge >= 0.3 is 51.9 Å². The fourth-order valence-corrected chi connectivity index (χ4v) is 67.9. The monoisotopic (exact) mass is 1760 g/mol. The van der Waals surface area contributed by atoms with E-state index in [2.05, 4.69) is 183 Å². The van der Waals surface area contributed by atoms with E-state index in [1.807, 2.05) is 56.2 Å². The molecule has 107 heavy (non-hydrogen) atoms. The Kier molecular flexibility index (Phi) is 48.5. The molecule has 0 aliphatic carbocycles. The molecule has 0 saturated carbocycles. The van der Waals surface area contributed by atoms with Gasteiger partial charge in [0.2, 0.25) is 17.8 Å². The predicted molar refractivity (Wildman–Crippen MR) is 472 cm³/mol. The van der Waals surface area contributed by atoms with Gasteiger partial charge in [0.15, 0.2) is 66.5 Å². The molecular weight excluding hydrogens is 1600 g/mol. The molecule has 0 aromatic carbocycles. The Morgan fingerprint density at radius 2 is 0.355 bits per heavy atom. The van der Waals surface area contributed by atoms with E-state index in [1.165, 1.54) is 0 Å². The van der Waals surface area contributed by atoms with E-state index >= 15 is 0 Å². The van der Waals surface area contributed by atoms with Crippen molar-refractivity contribution >= 4 is 136 Å². The highest BCUT2D eigenvalue weighted by atomic mass is 28.5. The number of rotatable bonds is 67. The van der Waals surface area contributed by atoms with Crippen molar-refractivity contribution in [2.75, 3.05) is 134 Å². The summed E-state index contributed by atoms with van der Waals surface area (Å²) >= 11 is 0. The van der Waals surface area contributed by atoms with Gasteiger partial charge in [-0.25, -0.2) is 0 Å². The van der Waals surface area contributed by atoms with E-state index in [0.717, 1.165) is 49.9 Å². The van der Waals surface area contributed by atoms with Gasteiger partial charge in [-0.3, -0.25) is 14.7 Å². The highest BCUT2D eigenvalue weighted by Crippen LogP contribution is 2.32. The second kappa shape index (κ2) is 49.1. The fraction of sp³-hybridized carbons (Fsp3) is 0.955. The standard InChI is InChI=1S/C67H162N6O20Si14/c1-35-80-106(81-36-2,82-37-3)57-45-51-78-63-72(61-76-49-43-55-104(33,90-98(19,20)21)91-99(22,23)24)66-68-65(71(59-74-47-41-53-102(31,86-94(7,8)9)87-95(10,11)12)60-75-48-42-54-103(32,88-96(13,14)15)89-97(16,17)18)69-67(70-66)73(64-79-52-46-58-107(83-38-4,84-39-5)85-40-6)62-77-50-44-56-105(34,92-100(25,26)27)93-101(28,29)30/h35-64H2,1-34H3. The number of nitrogens with zero attached hydrogens (tertiary/aromatic N) is 6. The summed E-state index contributed by atoms with van der Waals surface area (Å²) in [7, 11) is -32.1. The third-order valence-electron chi connectivity index (χ3n) is 14.5. The first-order chi connectivity index (χ1) is 49.0. The first-order valence-electron chi connectivity index (χ1n) is 40.0. The van der Waals surface area contributed by atoms with Gasteiger partial charge in [-0.2, -0.15) is 15.0 Å². The minimum absolute atomic E-state index is 0.0509. The smallest absolute Gasteiger partial charge is 0.437 e. The summed E-state index contributed by atoms with van der Waals surface area (Å²) in [4.78, 5) is 21.9. The molecule has 26 nitrogen and oxygen atoms in total. The summed E-state index contributed by atoms with van der Waals surface area (Å²) in [6, 6.07) is 4.24. The van der Waals surface area contributed by atoms with Gasteiger partial charge in [0.25, 0.3) is 0 Å². The highest BCUT2D eigenvalue weighted by Gasteiger charge is 2.46. The second-order valence-corrected chi connectivity index (χ2v) is 92.8. The molecule has 0 saturated heterocycles. The van der Waals surface area contributed by atoms with E-state index in [1.54, 1.807) is 0 Å². The summed E-state index contributed by atoms with van der Waals surface area (Å²) in [6.07, 6.45) is 4.11. The largest absolute Gasteiger partial charge is 0.501 e. The van der Waals surface area contributed by atoms with Crippen LogP contribution in [0.4, 0.5) is 17.8 Å². The summed E-state index contributed by atoms with van der Waals surface area (Å²) in [5, 5.41) is 0. The molecule has 1 aromatic rings. The van der Waals surface area contributed by atoms with Crippen molar-refractivity contribution in [3.8, 4) is 0 Å². The van der Waals surface area contributed by atoms with Gasteiger partial charge < -0.3 is 87.9 Å². The lowest BCUT2D eigenvalue weighted by molar-refractivity contribution is 0.0615. The van der Waals surface area contributed by atoms with Crippen LogP contribution in [-0.2, 0) is 87.9 Å². The minimum atomic E-state index is -2.99. The number of anilines is 3. The molecule has 1 rings (SSSR count). The summed E-state index contributed by atoms with van der Waals surface area (Å²) in [5.41, 5.74) is 0. The van der Waals surface area contributed by atoms with Gasteiger partial charge in [-0.15, -0.1) is 0 Å². The molecule has 0 atom stereocenters. The zero-order chi connectivity index (χ0) is 81.9. The number of hydrogen-bond donors (Lipinski definition) is 0. The number of ether oxygens (including phenoxy) is 6. The molecule has 0 aliphatic rings. The molecule has 0 fully saturated rings. The zero-order valence-corrected chi connectivity index (χ0v) is 88.6. The fourth-order valence-electron chi connectivity index (χ4n) is 12.7. The van der Waals surface area contributed by atoms with Crippen LogP contribution in [0, 0.1) is 0 Å². The molecule has 1 aromatic heterocycles. The van der Waals surface area contributed by atoms with Gasteiger partial charge in [0.05, 0.1) is 0 Å². The van der Waals surface area contributed by atoms with Crippen LogP contribution in [0.5, 0.6) is 0 Å². The second-order valence-electron chi connectivity index (χ2n) is 35.9. The quantitative estimate of drug-likeness (QED) is 0.0335. The van der Waals surface area contributed by atoms with E-state index < -0.39 is 118 Å². The molecular formula is C67H162N6O20Si14. The Hall–Kier alpha value is 0.646. The average molecular weight is 1770 g/mol. The normalized spacial score (nSPS) is 14.1. The molecule has 0 amide bonds. The predicted octanol–water partition coefficient (Wildman–Crippen LogP) is 17.7. The van der Waals surface area contributed by atoms with Crippen molar-refractivity contribution in [3.63, 3.8) is 0 Å². The van der Waals surface area contributed by atoms with Gasteiger partial charge in [-0.1, -0.05) is 0 Å². The Balaban J connectivity index is 4.54. The van der Waals surface area contributed by atoms with Gasteiger partial charge in [0.1, 0.15) is 40.4 Å². The summed E-state index contributed by atoms with van der Waals surface area (Å²) in [6.45, 7) is 80.0. The van der Waals surface area contributed by atoms with Crippen LogP contribution in [0.1, 0.15) is 80.1 Å². The Bertz CT molecular complexity index is 2270. The maximum Gasteiger partial charge on any atom is 0.501 e. The van der Waals surface area contributed by atoms with Crippen LogP contribution >= 0.6 is 0 Å². The topological polar surface area (TPSA) is 233 Å². The lowest BCUT2D eigenvalue weighted by Crippen LogP contribution is -2.52. The molecule has 0 unspecified atom stereocenters. The number of hydrogen-bond acceptors (Lipinski definition) is 26. The molecule has 636 valence electrons. The minimum Gasteiger partial charge on any atom is -0.437 e. The maximum atomic E-state index is 6.95. The first-order valence-corrected chi connectivity index (χ1v) is 81.2. The third-order valence-corrected chi connectivity index (χ3v) is 59.3. The summed E-state index contributed by atoms with van der Waals surface area (Å²) in [5.74, 6) is 0.889. The maximum absolute atomic E-state index is 6.95. The highest BCUT2D eigenvalue weighted by molar-refractivity contribution is 6.90. The van der Waals surface area contributed by atoms with Crippen molar-refractivity contribution in [3.05, 3.63) is 0 Å². The van der Waals surface area contributed by atoms with Crippen molar-refractivity contribution in [1.29, 1.82) is 0 Å². The van der Waals surface area contributed by atoms with Crippen LogP contribution in [0.25, 0.3) is 0 Å². The molecule has 0 radical (unpaired) electrons. The van der Waals surface area contributed by atoms with Crippen LogP contribution in [-0.4, -0.2) is 253 Å². The SMILES string of the molecule is CCO[Si](CCCOCN(COCCC[Si](C)(O[Si](C)(C)C)O[Si](C)(C)C)c1nc(N(COCCC[Si](C)(O[Si](C)(C)C)O[Si](C)(C)C)COCCC[Si](C)(O[Si](C)(C)C)O[Si](C)(C)C)nc(N(COCCC[Si](C)(O[Si](C)(C)C)O[Si](C)(C)C)COCCC[Si](OCC)(OCC)OCC)n1)(OCC)OCC. The lowest BCUT2D eigenvalue weighted by Gasteiger charge is -2.38. The molecule has 0 aliphatic heterocycles. The molecule has 40 heteroatoms. The van der Waals surface area contributed by atoms with E-state index in [0.29, 0.717) is 122 Å². The Morgan fingerprint density at radius 1 is 0.215 bits per heavy atom. The molecule has 1 heterocycles. The van der Waals surface area contributed by atoms with Crippen LogP contribution in [0.15, 0.2) is 0 Å². The zero-order valence-electron chi connectivity index (χ0n) is 74.6. The van der Waals surface area contributed by atoms with Crippen molar-refractivity contribution in [2.24, 2.45) is 0 Å². The van der Waals surface area contributed by atoms with Crippen molar-refractivity contribution in [1.82, 2.24) is 15.0 Å². The lowest BCUT2D eigenvalue weighted by atomic mass is 10.5. The average Bonchev–Trinajstić information content (AvgIpc) is 0.826. The molecule has 0 N–H and O–H groups in total. The summed E-state index contributed by atoms with van der Waals surface area (Å²) < 4.78 is 134. The van der Waals surface area contributed by atoms with Crippen LogP contribution in [0.2, 0.25) is 220 Å². The Labute approximate surface area is 668 Å². The van der Waals surface area contributed by atoms with E-state index in [4.69, 9.17) is 103 Å². The Morgan fingerprint density at radius 3 is 0.486 bits per heavy atom. The molecule has 0 bridgehead atoms. The van der Waals surface area contributed by atoms with Crippen LogP contribution in [0.3, 0.4) is 0 Å². The van der Waals surface area contributed by atoms with E-state index in [-0.39, 0.29) is 40.4 Å². The van der Waals surface area contributed by atoms with Gasteiger partial charge in [-0.05, 0) is 288 Å². The van der Waals surface area contributed by atoms with Gasteiger partial charge in [0, 0.05) is 91.4 Å². The van der Waals surface area contributed by atoms with Crippen molar-refractivity contribution < 1.29 is 87.9 Å². The third kappa shape index (κ3) is 51.5. The van der Waals surface area contributed by atoms with E-state index in [9.17, 15) is 0 Å². The van der Waals surface area contributed by atoms with Crippen molar-refractivity contribution in [2.45, 2.75) is 300 Å². The molecule has 0 spiro atoms. The number of aromatic nitrogens is 3.